The van der Waals surface area contributed by atoms with Gasteiger partial charge in [0.1, 0.15) is 0 Å². The van der Waals surface area contributed by atoms with Gasteiger partial charge in [-0.1, -0.05) is 6.92 Å². The van der Waals surface area contributed by atoms with Crippen molar-refractivity contribution in [3.05, 3.63) is 23.8 Å². The van der Waals surface area contributed by atoms with Crippen molar-refractivity contribution in [1.29, 1.82) is 0 Å². The van der Waals surface area contributed by atoms with E-state index in [0.29, 0.717) is 5.56 Å². The lowest BCUT2D eigenvalue weighted by molar-refractivity contribution is 0.0963. The van der Waals surface area contributed by atoms with Gasteiger partial charge in [0.15, 0.2) is 0 Å². The molecule has 0 aliphatic carbocycles. The Morgan fingerprint density at radius 3 is 2.87 bits per heavy atom. The molecule has 0 atom stereocenters. The van der Waals surface area contributed by atoms with E-state index in [1.54, 1.807) is 30.9 Å². The van der Waals surface area contributed by atoms with Crippen molar-refractivity contribution >= 4 is 23.4 Å². The highest BCUT2D eigenvalue weighted by Crippen LogP contribution is 2.26. The Hall–Kier alpha value is -1.16. The molecule has 3 N–H and O–H groups in total. The molecule has 0 fully saturated rings. The highest BCUT2D eigenvalue weighted by molar-refractivity contribution is 7.99. The van der Waals surface area contributed by atoms with Gasteiger partial charge in [-0.05, 0) is 30.4 Å². The average Bonchev–Trinajstić information content (AvgIpc) is 2.27. The lowest BCUT2D eigenvalue weighted by atomic mass is 10.2. The third kappa shape index (κ3) is 3.16. The van der Waals surface area contributed by atoms with E-state index in [9.17, 15) is 4.79 Å². The Bertz CT molecular complexity index is 352. The minimum absolute atomic E-state index is 0.0756. The van der Waals surface area contributed by atoms with E-state index in [4.69, 9.17) is 5.73 Å². The molecule has 0 bridgehead atoms. The number of hydrogen-bond acceptors (Lipinski definition) is 3. The third-order valence-corrected chi connectivity index (χ3v) is 3.24. The fourth-order valence-corrected chi connectivity index (χ4v) is 2.03. The molecule has 0 heterocycles. The molecule has 1 aromatic rings. The van der Waals surface area contributed by atoms with Crippen LogP contribution in [0.1, 0.15) is 23.7 Å². The van der Waals surface area contributed by atoms with Crippen molar-refractivity contribution < 1.29 is 4.79 Å². The quantitative estimate of drug-likeness (QED) is 0.608. The summed E-state index contributed by atoms with van der Waals surface area (Å²) in [5.41, 5.74) is 7.21. The summed E-state index contributed by atoms with van der Waals surface area (Å²) >= 11 is 1.68. The second kappa shape index (κ2) is 5.66. The van der Waals surface area contributed by atoms with Crippen molar-refractivity contribution in [2.24, 2.45) is 0 Å². The molecule has 0 radical (unpaired) electrons. The van der Waals surface area contributed by atoms with E-state index in [2.05, 4.69) is 12.2 Å². The largest absolute Gasteiger partial charge is 0.398 e. The first-order valence-corrected chi connectivity index (χ1v) is 5.92. The number of nitrogen functional groups attached to an aromatic ring is 1. The van der Waals surface area contributed by atoms with Crippen molar-refractivity contribution in [3.63, 3.8) is 0 Å². The van der Waals surface area contributed by atoms with E-state index in [1.807, 2.05) is 6.07 Å². The molecule has 3 nitrogen and oxygen atoms in total. The Morgan fingerprint density at radius 2 is 2.27 bits per heavy atom. The van der Waals surface area contributed by atoms with E-state index in [0.717, 1.165) is 22.8 Å². The van der Waals surface area contributed by atoms with Gasteiger partial charge < -0.3 is 11.1 Å². The van der Waals surface area contributed by atoms with Crippen LogP contribution in [0.5, 0.6) is 0 Å². The topological polar surface area (TPSA) is 55.1 Å². The van der Waals surface area contributed by atoms with Crippen LogP contribution >= 0.6 is 11.8 Å². The summed E-state index contributed by atoms with van der Waals surface area (Å²) in [5.74, 6) is 0.940. The molecule has 1 amide bonds. The number of benzene rings is 1. The molecule has 1 aromatic carbocycles. The maximum absolute atomic E-state index is 11.4. The first kappa shape index (κ1) is 11.9. The van der Waals surface area contributed by atoms with Crippen LogP contribution in [0.3, 0.4) is 0 Å². The highest BCUT2D eigenvalue weighted by Gasteiger charge is 2.06. The summed E-state index contributed by atoms with van der Waals surface area (Å²) < 4.78 is 0. The van der Waals surface area contributed by atoms with Crippen molar-refractivity contribution in [2.75, 3.05) is 18.5 Å². The van der Waals surface area contributed by atoms with Gasteiger partial charge in [0.25, 0.3) is 5.91 Å². The van der Waals surface area contributed by atoms with Crippen LogP contribution in [0.4, 0.5) is 5.69 Å². The third-order valence-electron chi connectivity index (χ3n) is 1.96. The Balaban J connectivity index is 2.89. The highest BCUT2D eigenvalue weighted by atomic mass is 32.2. The Kier molecular flexibility index (Phi) is 4.49. The first-order chi connectivity index (χ1) is 7.19. The van der Waals surface area contributed by atoms with Gasteiger partial charge in [-0.3, -0.25) is 4.79 Å². The molecule has 0 saturated heterocycles. The second-order valence-corrected chi connectivity index (χ2v) is 4.32. The fraction of sp³-hybridized carbons (Fsp3) is 0.364. The monoisotopic (exact) mass is 224 g/mol. The van der Waals surface area contributed by atoms with Crippen LogP contribution in [-0.4, -0.2) is 18.7 Å². The predicted octanol–water partition coefficient (Wildman–Crippen LogP) is 2.13. The van der Waals surface area contributed by atoms with Gasteiger partial charge >= 0.3 is 0 Å². The molecule has 0 unspecified atom stereocenters. The molecular formula is C11H16N2OS. The smallest absolute Gasteiger partial charge is 0.251 e. The van der Waals surface area contributed by atoms with Gasteiger partial charge in [-0.15, -0.1) is 11.8 Å². The number of nitrogens with one attached hydrogen (secondary N) is 1. The zero-order chi connectivity index (χ0) is 11.3. The number of nitrogens with two attached hydrogens (primary N) is 1. The summed E-state index contributed by atoms with van der Waals surface area (Å²) in [6.45, 7) is 2.12. The van der Waals surface area contributed by atoms with Crippen LogP contribution in [0, 0.1) is 0 Å². The molecule has 4 heteroatoms. The number of amides is 1. The lowest BCUT2D eigenvalue weighted by Gasteiger charge is -2.06. The summed E-state index contributed by atoms with van der Waals surface area (Å²) in [4.78, 5) is 12.4. The number of anilines is 1. The van der Waals surface area contributed by atoms with Crippen LogP contribution in [0.2, 0.25) is 0 Å². The maximum Gasteiger partial charge on any atom is 0.251 e. The van der Waals surface area contributed by atoms with Gasteiger partial charge in [0.05, 0.1) is 0 Å². The Labute approximate surface area is 94.4 Å². The minimum Gasteiger partial charge on any atom is -0.398 e. The maximum atomic E-state index is 11.4. The van der Waals surface area contributed by atoms with Crippen molar-refractivity contribution in [1.82, 2.24) is 5.32 Å². The molecule has 0 saturated carbocycles. The Morgan fingerprint density at radius 1 is 1.53 bits per heavy atom. The van der Waals surface area contributed by atoms with Crippen molar-refractivity contribution in [3.8, 4) is 0 Å². The van der Waals surface area contributed by atoms with Crippen LogP contribution < -0.4 is 11.1 Å². The van der Waals surface area contributed by atoms with Gasteiger partial charge in [-0.25, -0.2) is 0 Å². The van der Waals surface area contributed by atoms with Crippen LogP contribution in [-0.2, 0) is 0 Å². The lowest BCUT2D eigenvalue weighted by Crippen LogP contribution is -2.17. The fourth-order valence-electron chi connectivity index (χ4n) is 1.16. The number of carbonyl (C=O) groups excluding carboxylic acids is 1. The SMILES string of the molecule is CCCSc1cc(C(=O)NC)ccc1N. The molecule has 0 aliphatic heterocycles. The van der Waals surface area contributed by atoms with Crippen LogP contribution in [0.25, 0.3) is 0 Å². The average molecular weight is 224 g/mol. The first-order valence-electron chi connectivity index (χ1n) is 4.93. The molecule has 1 rings (SSSR count). The zero-order valence-corrected chi connectivity index (χ0v) is 9.86. The zero-order valence-electron chi connectivity index (χ0n) is 9.04. The number of hydrogen-bond donors (Lipinski definition) is 2. The number of carbonyl (C=O) groups is 1. The van der Waals surface area contributed by atoms with Crippen molar-refractivity contribution in [2.45, 2.75) is 18.2 Å². The normalized spacial score (nSPS) is 10.0. The van der Waals surface area contributed by atoms with E-state index in [1.165, 1.54) is 0 Å². The molecule has 15 heavy (non-hydrogen) atoms. The second-order valence-electron chi connectivity index (χ2n) is 3.18. The molecule has 0 aliphatic rings. The van der Waals surface area contributed by atoms with Gasteiger partial charge in [-0.2, -0.15) is 0 Å². The summed E-state index contributed by atoms with van der Waals surface area (Å²) in [5, 5.41) is 2.60. The molecule has 0 aromatic heterocycles. The molecule has 82 valence electrons. The molecule has 0 spiro atoms. The standard InChI is InChI=1S/C11H16N2OS/c1-3-6-15-10-7-8(11(14)13-2)4-5-9(10)12/h4-5,7H,3,6,12H2,1-2H3,(H,13,14). The summed E-state index contributed by atoms with van der Waals surface area (Å²) in [6.07, 6.45) is 1.09. The number of thioether (sulfide) groups is 1. The number of rotatable bonds is 4. The predicted molar refractivity (Wildman–Crippen MR) is 65.3 cm³/mol. The van der Waals surface area contributed by atoms with Gasteiger partial charge in [0.2, 0.25) is 0 Å². The van der Waals surface area contributed by atoms with Gasteiger partial charge in [0, 0.05) is 23.2 Å². The van der Waals surface area contributed by atoms with E-state index in [-0.39, 0.29) is 5.91 Å². The molecular weight excluding hydrogens is 208 g/mol. The van der Waals surface area contributed by atoms with E-state index >= 15 is 0 Å². The minimum atomic E-state index is -0.0756. The summed E-state index contributed by atoms with van der Waals surface area (Å²) in [7, 11) is 1.62. The van der Waals surface area contributed by atoms with Crippen LogP contribution in [0.15, 0.2) is 23.1 Å². The summed E-state index contributed by atoms with van der Waals surface area (Å²) in [6, 6.07) is 5.36. The van der Waals surface area contributed by atoms with E-state index < -0.39 is 0 Å².